The van der Waals surface area contributed by atoms with Crippen LogP contribution in [0.15, 0.2) is 30.3 Å². The van der Waals surface area contributed by atoms with E-state index in [0.29, 0.717) is 19.7 Å². The molecule has 0 bridgehead atoms. The fraction of sp³-hybridized carbons (Fsp3) is 0.529. The molecule has 126 valence electrons. The van der Waals surface area contributed by atoms with Gasteiger partial charge in [0.05, 0.1) is 6.61 Å². The highest BCUT2D eigenvalue weighted by Gasteiger charge is 2.16. The number of nitrogens with one attached hydrogen (secondary N) is 2. The third-order valence-electron chi connectivity index (χ3n) is 3.79. The highest BCUT2D eigenvalue weighted by atomic mass is 16.5. The van der Waals surface area contributed by atoms with E-state index in [1.54, 1.807) is 4.90 Å². The zero-order chi connectivity index (χ0) is 16.3. The molecule has 1 aromatic rings. The summed E-state index contributed by atoms with van der Waals surface area (Å²) in [5.41, 5.74) is 1.29. The van der Waals surface area contributed by atoms with Crippen molar-refractivity contribution in [3.8, 4) is 0 Å². The van der Waals surface area contributed by atoms with E-state index in [0.717, 1.165) is 32.4 Å². The largest absolute Gasteiger partial charge is 0.450 e. The van der Waals surface area contributed by atoms with E-state index in [1.165, 1.54) is 5.56 Å². The topological polar surface area (TPSA) is 70.7 Å². The van der Waals surface area contributed by atoms with E-state index < -0.39 is 6.09 Å². The van der Waals surface area contributed by atoms with E-state index in [-0.39, 0.29) is 12.5 Å². The first-order chi connectivity index (χ1) is 11.3. The van der Waals surface area contributed by atoms with Crippen molar-refractivity contribution in [2.75, 3.05) is 39.3 Å². The minimum Gasteiger partial charge on any atom is -0.450 e. The maximum Gasteiger partial charge on any atom is 0.407 e. The van der Waals surface area contributed by atoms with Crippen LogP contribution < -0.4 is 10.6 Å². The smallest absolute Gasteiger partial charge is 0.407 e. The molecule has 2 amide bonds. The molecule has 1 aromatic carbocycles. The Hall–Kier alpha value is -2.08. The highest BCUT2D eigenvalue weighted by molar-refractivity contribution is 5.82. The predicted molar refractivity (Wildman–Crippen MR) is 88.2 cm³/mol. The molecule has 1 aliphatic rings. The molecule has 1 aliphatic heterocycles. The molecule has 0 aromatic heterocycles. The molecule has 23 heavy (non-hydrogen) atoms. The molecular formula is C17H25N3O3. The van der Waals surface area contributed by atoms with Gasteiger partial charge in [-0.2, -0.15) is 0 Å². The summed E-state index contributed by atoms with van der Waals surface area (Å²) in [4.78, 5) is 25.2. The van der Waals surface area contributed by atoms with Crippen molar-refractivity contribution in [3.05, 3.63) is 35.9 Å². The van der Waals surface area contributed by atoms with Gasteiger partial charge in [0.15, 0.2) is 0 Å². The molecule has 2 N–H and O–H groups in total. The third kappa shape index (κ3) is 6.69. The number of benzene rings is 1. The Labute approximate surface area is 137 Å². The second-order valence-electron chi connectivity index (χ2n) is 5.56. The second kappa shape index (κ2) is 9.84. The summed E-state index contributed by atoms with van der Waals surface area (Å²) in [6.45, 7) is 3.36. The Bertz CT molecular complexity index is 487. The molecule has 1 saturated heterocycles. The number of hydrogen-bond acceptors (Lipinski definition) is 4. The third-order valence-corrected chi connectivity index (χ3v) is 3.79. The van der Waals surface area contributed by atoms with Crippen LogP contribution in [0, 0.1) is 0 Å². The van der Waals surface area contributed by atoms with Gasteiger partial charge in [-0.05, 0) is 24.8 Å². The number of ether oxygens (including phenoxy) is 1. The minimum absolute atomic E-state index is 0.00283. The second-order valence-corrected chi connectivity index (χ2v) is 5.56. The predicted octanol–water partition coefficient (Wildman–Crippen LogP) is 1.17. The van der Waals surface area contributed by atoms with Gasteiger partial charge >= 0.3 is 6.09 Å². The fourth-order valence-electron chi connectivity index (χ4n) is 2.47. The molecule has 0 saturated carbocycles. The molecule has 0 radical (unpaired) electrons. The number of amides is 2. The molecule has 0 unspecified atom stereocenters. The van der Waals surface area contributed by atoms with Gasteiger partial charge < -0.3 is 20.3 Å². The van der Waals surface area contributed by atoms with Gasteiger partial charge in [0.1, 0.15) is 6.54 Å². The molecule has 6 heteroatoms. The zero-order valence-corrected chi connectivity index (χ0v) is 13.4. The quantitative estimate of drug-likeness (QED) is 0.740. The summed E-state index contributed by atoms with van der Waals surface area (Å²) < 4.78 is 5.08. The van der Waals surface area contributed by atoms with Crippen LogP contribution in [0.5, 0.6) is 0 Å². The van der Waals surface area contributed by atoms with Crippen molar-refractivity contribution in [1.29, 1.82) is 0 Å². The number of carbonyl (C=O) groups is 2. The lowest BCUT2D eigenvalue weighted by atomic mass is 10.1. The van der Waals surface area contributed by atoms with Gasteiger partial charge in [-0.15, -0.1) is 0 Å². The first-order valence-corrected chi connectivity index (χ1v) is 8.19. The Morgan fingerprint density at radius 1 is 1.13 bits per heavy atom. The van der Waals surface area contributed by atoms with Crippen LogP contribution in [-0.2, 0) is 16.0 Å². The zero-order valence-electron chi connectivity index (χ0n) is 13.4. The average Bonchev–Trinajstić information content (AvgIpc) is 2.61. The van der Waals surface area contributed by atoms with Crippen LogP contribution >= 0.6 is 0 Å². The maximum atomic E-state index is 11.9. The van der Waals surface area contributed by atoms with E-state index in [1.807, 2.05) is 18.2 Å². The van der Waals surface area contributed by atoms with Crippen molar-refractivity contribution in [3.63, 3.8) is 0 Å². The number of piperazine rings is 1. The summed E-state index contributed by atoms with van der Waals surface area (Å²) >= 11 is 0. The molecule has 0 spiro atoms. The van der Waals surface area contributed by atoms with Gasteiger partial charge in [0.2, 0.25) is 5.91 Å². The lowest BCUT2D eigenvalue weighted by Crippen LogP contribution is -2.49. The Balaban J connectivity index is 1.50. The van der Waals surface area contributed by atoms with Crippen molar-refractivity contribution in [2.24, 2.45) is 0 Å². The fourth-order valence-corrected chi connectivity index (χ4v) is 2.47. The lowest BCUT2D eigenvalue weighted by molar-refractivity contribution is -0.130. The summed E-state index contributed by atoms with van der Waals surface area (Å²) in [5.74, 6) is -0.0625. The first kappa shape index (κ1) is 17.3. The first-order valence-electron chi connectivity index (χ1n) is 8.19. The van der Waals surface area contributed by atoms with Crippen molar-refractivity contribution in [2.45, 2.75) is 19.3 Å². The summed E-state index contributed by atoms with van der Waals surface area (Å²) in [6.07, 6.45) is 2.24. The number of aryl methyl sites for hydroxylation is 1. The highest BCUT2D eigenvalue weighted by Crippen LogP contribution is 2.04. The van der Waals surface area contributed by atoms with Crippen LogP contribution in [0.3, 0.4) is 0 Å². The Kier molecular flexibility index (Phi) is 7.39. The monoisotopic (exact) mass is 319 g/mol. The molecule has 0 aliphatic carbocycles. The summed E-state index contributed by atoms with van der Waals surface area (Å²) in [5, 5.41) is 5.70. The van der Waals surface area contributed by atoms with Gasteiger partial charge in [-0.1, -0.05) is 30.3 Å². The normalized spacial score (nSPS) is 14.3. The van der Waals surface area contributed by atoms with Crippen molar-refractivity contribution < 1.29 is 14.3 Å². The number of hydrogen-bond donors (Lipinski definition) is 2. The molecule has 1 heterocycles. The Morgan fingerprint density at radius 2 is 1.87 bits per heavy atom. The van der Waals surface area contributed by atoms with E-state index in [9.17, 15) is 9.59 Å². The minimum atomic E-state index is -0.520. The molecule has 6 nitrogen and oxygen atoms in total. The number of unbranched alkanes of at least 4 members (excludes halogenated alkanes) is 1. The van der Waals surface area contributed by atoms with E-state index in [2.05, 4.69) is 22.8 Å². The van der Waals surface area contributed by atoms with Gasteiger partial charge in [-0.3, -0.25) is 4.79 Å². The Morgan fingerprint density at radius 3 is 2.61 bits per heavy atom. The van der Waals surface area contributed by atoms with E-state index >= 15 is 0 Å². The molecule has 2 rings (SSSR count). The summed E-state index contributed by atoms with van der Waals surface area (Å²) in [6, 6.07) is 10.2. The van der Waals surface area contributed by atoms with Gasteiger partial charge in [0, 0.05) is 26.2 Å². The molecule has 1 fully saturated rings. The van der Waals surface area contributed by atoms with Crippen molar-refractivity contribution >= 4 is 12.0 Å². The van der Waals surface area contributed by atoms with Crippen LogP contribution in [0.1, 0.15) is 18.4 Å². The van der Waals surface area contributed by atoms with Crippen LogP contribution in [-0.4, -0.2) is 56.2 Å². The van der Waals surface area contributed by atoms with Crippen LogP contribution in [0.4, 0.5) is 4.79 Å². The maximum absolute atomic E-state index is 11.9. The SMILES string of the molecule is O=C(NCC(=O)N1CCNCC1)OCCCCc1ccccc1. The van der Waals surface area contributed by atoms with E-state index in [4.69, 9.17) is 4.74 Å². The number of nitrogens with zero attached hydrogens (tertiary/aromatic N) is 1. The number of alkyl carbamates (subject to hydrolysis) is 1. The van der Waals surface area contributed by atoms with Gasteiger partial charge in [0.25, 0.3) is 0 Å². The van der Waals surface area contributed by atoms with Crippen LogP contribution in [0.2, 0.25) is 0 Å². The standard InChI is InChI=1S/C17H25N3O3/c21-16(20-11-9-18-10-12-20)14-19-17(22)23-13-5-4-8-15-6-2-1-3-7-15/h1-3,6-7,18H,4-5,8-14H2,(H,19,22). The van der Waals surface area contributed by atoms with Crippen LogP contribution in [0.25, 0.3) is 0 Å². The number of carbonyl (C=O) groups excluding carboxylic acids is 2. The summed E-state index contributed by atoms with van der Waals surface area (Å²) in [7, 11) is 0. The van der Waals surface area contributed by atoms with Crippen molar-refractivity contribution in [1.82, 2.24) is 15.5 Å². The molecular weight excluding hydrogens is 294 g/mol. The number of rotatable bonds is 7. The van der Waals surface area contributed by atoms with Gasteiger partial charge in [-0.25, -0.2) is 4.79 Å². The lowest BCUT2D eigenvalue weighted by Gasteiger charge is -2.27. The average molecular weight is 319 g/mol. The molecule has 0 atom stereocenters.